The van der Waals surface area contributed by atoms with Crippen LogP contribution >= 0.6 is 0 Å². The maximum absolute atomic E-state index is 13.2. The predicted molar refractivity (Wildman–Crippen MR) is 61.4 cm³/mol. The van der Waals surface area contributed by atoms with Crippen molar-refractivity contribution in [3.05, 3.63) is 41.2 Å². The SMILES string of the molecule is Cc1nc(C)n(-c2ccc(F)cc2[C@H](C)O)n1. The van der Waals surface area contributed by atoms with Crippen molar-refractivity contribution in [1.29, 1.82) is 0 Å². The normalized spacial score (nSPS) is 12.8. The van der Waals surface area contributed by atoms with Crippen LogP contribution in [0.4, 0.5) is 4.39 Å². The van der Waals surface area contributed by atoms with Gasteiger partial charge < -0.3 is 5.11 Å². The van der Waals surface area contributed by atoms with Crippen LogP contribution in [-0.2, 0) is 0 Å². The lowest BCUT2D eigenvalue weighted by molar-refractivity contribution is 0.198. The van der Waals surface area contributed by atoms with E-state index in [0.717, 1.165) is 0 Å². The molecule has 1 N–H and O–H groups in total. The number of aliphatic hydroxyl groups is 1. The molecule has 0 radical (unpaired) electrons. The van der Waals surface area contributed by atoms with Crippen LogP contribution in [0.2, 0.25) is 0 Å². The minimum atomic E-state index is -0.760. The Balaban J connectivity index is 2.62. The molecule has 0 saturated carbocycles. The molecule has 0 spiro atoms. The van der Waals surface area contributed by atoms with Crippen molar-refractivity contribution in [1.82, 2.24) is 14.8 Å². The van der Waals surface area contributed by atoms with Crippen LogP contribution in [0.15, 0.2) is 18.2 Å². The van der Waals surface area contributed by atoms with Gasteiger partial charge in [0.1, 0.15) is 17.5 Å². The summed E-state index contributed by atoms with van der Waals surface area (Å²) in [6.45, 7) is 5.20. The van der Waals surface area contributed by atoms with Gasteiger partial charge in [0, 0.05) is 5.56 Å². The van der Waals surface area contributed by atoms with Gasteiger partial charge in [0.2, 0.25) is 0 Å². The van der Waals surface area contributed by atoms with Crippen molar-refractivity contribution in [3.8, 4) is 5.69 Å². The Morgan fingerprint density at radius 3 is 2.59 bits per heavy atom. The van der Waals surface area contributed by atoms with Gasteiger partial charge in [-0.3, -0.25) is 0 Å². The van der Waals surface area contributed by atoms with E-state index in [2.05, 4.69) is 10.1 Å². The van der Waals surface area contributed by atoms with Gasteiger partial charge in [0.15, 0.2) is 0 Å². The first-order chi connectivity index (χ1) is 7.99. The Morgan fingerprint density at radius 1 is 1.35 bits per heavy atom. The Hall–Kier alpha value is -1.75. The molecule has 0 bridgehead atoms. The van der Waals surface area contributed by atoms with Gasteiger partial charge in [-0.25, -0.2) is 14.1 Å². The van der Waals surface area contributed by atoms with E-state index in [-0.39, 0.29) is 5.82 Å². The Kier molecular flexibility index (Phi) is 2.93. The third kappa shape index (κ3) is 2.19. The van der Waals surface area contributed by atoms with Crippen molar-refractivity contribution >= 4 is 0 Å². The maximum Gasteiger partial charge on any atom is 0.148 e. The lowest BCUT2D eigenvalue weighted by Gasteiger charge is -2.12. The lowest BCUT2D eigenvalue weighted by Crippen LogP contribution is -2.06. The van der Waals surface area contributed by atoms with E-state index in [9.17, 15) is 9.50 Å². The second-order valence-electron chi connectivity index (χ2n) is 4.00. The molecule has 0 aliphatic rings. The summed E-state index contributed by atoms with van der Waals surface area (Å²) in [6, 6.07) is 4.26. The summed E-state index contributed by atoms with van der Waals surface area (Å²) in [5, 5.41) is 13.9. The highest BCUT2D eigenvalue weighted by Crippen LogP contribution is 2.23. The molecule has 2 aromatic rings. The molecule has 4 nitrogen and oxygen atoms in total. The van der Waals surface area contributed by atoms with Crippen LogP contribution in [0.25, 0.3) is 5.69 Å². The number of aliphatic hydroxyl groups excluding tert-OH is 1. The minimum absolute atomic E-state index is 0.376. The third-order valence-corrected chi connectivity index (χ3v) is 2.54. The number of benzene rings is 1. The molecule has 1 aromatic carbocycles. The number of aromatic nitrogens is 3. The highest BCUT2D eigenvalue weighted by atomic mass is 19.1. The zero-order chi connectivity index (χ0) is 12.6. The molecular formula is C12H14FN3O. The Bertz CT molecular complexity index is 549. The average Bonchev–Trinajstić information content (AvgIpc) is 2.57. The summed E-state index contributed by atoms with van der Waals surface area (Å²) in [7, 11) is 0. The van der Waals surface area contributed by atoms with Gasteiger partial charge in [-0.15, -0.1) is 0 Å². The number of nitrogens with zero attached hydrogens (tertiary/aromatic N) is 3. The number of halogens is 1. The topological polar surface area (TPSA) is 50.9 Å². The standard InChI is InChI=1S/C12H14FN3O/c1-7(17)11-6-10(13)4-5-12(11)16-9(3)14-8(2)15-16/h4-7,17H,1-3H3/t7-/m0/s1. The number of hydrogen-bond acceptors (Lipinski definition) is 3. The summed E-state index contributed by atoms with van der Waals surface area (Å²) in [5.74, 6) is 0.971. The summed E-state index contributed by atoms with van der Waals surface area (Å²) in [6.07, 6.45) is -0.760. The Morgan fingerprint density at radius 2 is 2.06 bits per heavy atom. The van der Waals surface area contributed by atoms with E-state index in [1.165, 1.54) is 12.1 Å². The highest BCUT2D eigenvalue weighted by molar-refractivity contribution is 5.42. The summed E-state index contributed by atoms with van der Waals surface area (Å²) in [4.78, 5) is 4.19. The maximum atomic E-state index is 13.2. The van der Waals surface area contributed by atoms with Gasteiger partial charge in [-0.1, -0.05) is 0 Å². The molecule has 1 heterocycles. The van der Waals surface area contributed by atoms with Crippen LogP contribution in [0, 0.1) is 19.7 Å². The minimum Gasteiger partial charge on any atom is -0.389 e. The fraction of sp³-hybridized carbons (Fsp3) is 0.333. The molecule has 90 valence electrons. The second kappa shape index (κ2) is 4.25. The molecule has 17 heavy (non-hydrogen) atoms. The fourth-order valence-corrected chi connectivity index (χ4v) is 1.80. The van der Waals surface area contributed by atoms with Crippen molar-refractivity contribution in [2.45, 2.75) is 26.9 Å². The molecular weight excluding hydrogens is 221 g/mol. The third-order valence-electron chi connectivity index (χ3n) is 2.54. The molecule has 0 unspecified atom stereocenters. The van der Waals surface area contributed by atoms with Gasteiger partial charge in [-0.2, -0.15) is 5.10 Å². The lowest BCUT2D eigenvalue weighted by atomic mass is 10.1. The smallest absolute Gasteiger partial charge is 0.148 e. The van der Waals surface area contributed by atoms with E-state index in [4.69, 9.17) is 0 Å². The first kappa shape index (κ1) is 11.7. The summed E-state index contributed by atoms with van der Waals surface area (Å²) < 4.78 is 14.8. The largest absolute Gasteiger partial charge is 0.389 e. The van der Waals surface area contributed by atoms with E-state index in [1.807, 2.05) is 6.92 Å². The van der Waals surface area contributed by atoms with Gasteiger partial charge in [0.25, 0.3) is 0 Å². The van der Waals surface area contributed by atoms with Crippen molar-refractivity contribution < 1.29 is 9.50 Å². The number of hydrogen-bond donors (Lipinski definition) is 1. The van der Waals surface area contributed by atoms with Gasteiger partial charge >= 0.3 is 0 Å². The van der Waals surface area contributed by atoms with E-state index >= 15 is 0 Å². The first-order valence-electron chi connectivity index (χ1n) is 5.37. The first-order valence-corrected chi connectivity index (χ1v) is 5.37. The predicted octanol–water partition coefficient (Wildman–Crippen LogP) is 2.08. The summed E-state index contributed by atoms with van der Waals surface area (Å²) >= 11 is 0. The molecule has 0 aliphatic heterocycles. The van der Waals surface area contributed by atoms with Crippen LogP contribution in [0.5, 0.6) is 0 Å². The molecule has 0 fully saturated rings. The fourth-order valence-electron chi connectivity index (χ4n) is 1.80. The molecule has 0 aliphatic carbocycles. The molecule has 0 saturated heterocycles. The van der Waals surface area contributed by atoms with Crippen LogP contribution in [0.1, 0.15) is 30.2 Å². The average molecular weight is 235 g/mol. The monoisotopic (exact) mass is 235 g/mol. The second-order valence-corrected chi connectivity index (χ2v) is 4.00. The van der Waals surface area contributed by atoms with Crippen molar-refractivity contribution in [2.75, 3.05) is 0 Å². The van der Waals surface area contributed by atoms with Crippen LogP contribution in [-0.4, -0.2) is 19.9 Å². The van der Waals surface area contributed by atoms with E-state index in [1.54, 1.807) is 24.6 Å². The number of aryl methyl sites for hydroxylation is 2. The van der Waals surface area contributed by atoms with E-state index in [0.29, 0.717) is 22.9 Å². The zero-order valence-corrected chi connectivity index (χ0v) is 9.98. The van der Waals surface area contributed by atoms with E-state index < -0.39 is 6.10 Å². The van der Waals surface area contributed by atoms with Crippen molar-refractivity contribution in [3.63, 3.8) is 0 Å². The van der Waals surface area contributed by atoms with Crippen molar-refractivity contribution in [2.24, 2.45) is 0 Å². The molecule has 0 amide bonds. The molecule has 5 heteroatoms. The molecule has 2 rings (SSSR count). The molecule has 1 aromatic heterocycles. The Labute approximate surface area is 98.7 Å². The van der Waals surface area contributed by atoms with Crippen LogP contribution in [0.3, 0.4) is 0 Å². The highest BCUT2D eigenvalue weighted by Gasteiger charge is 2.14. The van der Waals surface area contributed by atoms with Crippen LogP contribution < -0.4 is 0 Å². The van der Waals surface area contributed by atoms with Gasteiger partial charge in [-0.05, 0) is 39.0 Å². The number of rotatable bonds is 2. The zero-order valence-electron chi connectivity index (χ0n) is 9.98. The molecule has 1 atom stereocenters. The quantitative estimate of drug-likeness (QED) is 0.867. The summed E-state index contributed by atoms with van der Waals surface area (Å²) in [5.41, 5.74) is 1.15. The van der Waals surface area contributed by atoms with Gasteiger partial charge in [0.05, 0.1) is 11.8 Å².